The summed E-state index contributed by atoms with van der Waals surface area (Å²) in [4.78, 5) is 19.8. The van der Waals surface area contributed by atoms with Crippen LogP contribution >= 0.6 is 15.9 Å². The summed E-state index contributed by atoms with van der Waals surface area (Å²) in [6.07, 6.45) is 1.73. The SMILES string of the molecule is Cc1oc(-c2cccc(Br)c2)nc1CN1CCC(C(=O)N[C@H](C)c2ccccc2)CC1. The first kappa shape index (κ1) is 21.8. The fraction of sp³-hybridized carbons (Fsp3) is 0.360. The Morgan fingerprint density at radius 3 is 2.65 bits per heavy atom. The minimum atomic E-state index is 0.0287. The van der Waals surface area contributed by atoms with Crippen LogP contribution in [0.1, 0.15) is 42.8 Å². The predicted molar refractivity (Wildman–Crippen MR) is 125 cm³/mol. The molecule has 1 fully saturated rings. The van der Waals surface area contributed by atoms with Gasteiger partial charge < -0.3 is 9.73 Å². The number of piperidine rings is 1. The summed E-state index contributed by atoms with van der Waals surface area (Å²) in [5.41, 5.74) is 3.07. The van der Waals surface area contributed by atoms with E-state index in [1.807, 2.05) is 56.3 Å². The van der Waals surface area contributed by atoms with Crippen molar-refractivity contribution in [3.8, 4) is 11.5 Å². The summed E-state index contributed by atoms with van der Waals surface area (Å²) in [6, 6.07) is 18.1. The minimum absolute atomic E-state index is 0.0287. The Morgan fingerprint density at radius 2 is 1.94 bits per heavy atom. The van der Waals surface area contributed by atoms with E-state index in [-0.39, 0.29) is 17.9 Å². The average molecular weight is 482 g/mol. The second-order valence-corrected chi connectivity index (χ2v) is 9.14. The number of hydrogen-bond acceptors (Lipinski definition) is 4. The van der Waals surface area contributed by atoms with E-state index in [0.717, 1.165) is 59.5 Å². The summed E-state index contributed by atoms with van der Waals surface area (Å²) >= 11 is 3.50. The molecule has 1 atom stereocenters. The molecule has 162 valence electrons. The van der Waals surface area contributed by atoms with Gasteiger partial charge in [-0.1, -0.05) is 52.3 Å². The normalized spacial score (nSPS) is 16.2. The Kier molecular flexibility index (Phi) is 6.88. The molecule has 6 heteroatoms. The molecule has 0 bridgehead atoms. The molecule has 0 unspecified atom stereocenters. The van der Waals surface area contributed by atoms with Crippen molar-refractivity contribution in [2.24, 2.45) is 5.92 Å². The van der Waals surface area contributed by atoms with Gasteiger partial charge in [0.1, 0.15) is 5.76 Å². The fourth-order valence-corrected chi connectivity index (χ4v) is 4.44. The molecule has 1 amide bonds. The predicted octanol–water partition coefficient (Wildman–Crippen LogP) is 5.50. The molecule has 0 aliphatic carbocycles. The van der Waals surface area contributed by atoms with Crippen LogP contribution < -0.4 is 5.32 Å². The summed E-state index contributed by atoms with van der Waals surface area (Å²) < 4.78 is 6.92. The van der Waals surface area contributed by atoms with Gasteiger partial charge in [-0.05, 0) is 63.5 Å². The van der Waals surface area contributed by atoms with E-state index >= 15 is 0 Å². The first-order valence-corrected chi connectivity index (χ1v) is 11.6. The molecule has 1 aliphatic rings. The van der Waals surface area contributed by atoms with Crippen LogP contribution in [0, 0.1) is 12.8 Å². The van der Waals surface area contributed by atoms with Crippen LogP contribution in [0.2, 0.25) is 0 Å². The van der Waals surface area contributed by atoms with Gasteiger partial charge in [-0.25, -0.2) is 4.98 Å². The van der Waals surface area contributed by atoms with Gasteiger partial charge in [0.05, 0.1) is 11.7 Å². The van der Waals surface area contributed by atoms with Crippen LogP contribution in [0.25, 0.3) is 11.5 Å². The summed E-state index contributed by atoms with van der Waals surface area (Å²) in [5.74, 6) is 1.73. The van der Waals surface area contributed by atoms with Gasteiger partial charge in [-0.15, -0.1) is 0 Å². The molecule has 1 saturated heterocycles. The highest BCUT2D eigenvalue weighted by molar-refractivity contribution is 9.10. The zero-order chi connectivity index (χ0) is 21.8. The molecule has 1 aliphatic heterocycles. The van der Waals surface area contributed by atoms with Crippen molar-refractivity contribution in [1.29, 1.82) is 0 Å². The quantitative estimate of drug-likeness (QED) is 0.504. The van der Waals surface area contributed by atoms with Gasteiger partial charge in [0.25, 0.3) is 0 Å². The molecule has 3 aromatic rings. The standard InChI is InChI=1S/C25H28BrN3O2/c1-17(19-7-4-3-5-8-19)27-24(30)20-11-13-29(14-12-20)16-23-18(2)31-25(28-23)21-9-6-10-22(26)15-21/h3-10,15,17,20H,11-14,16H2,1-2H3,(H,27,30)/t17-/m1/s1. The number of nitrogens with zero attached hydrogens (tertiary/aromatic N) is 2. The number of nitrogens with one attached hydrogen (secondary N) is 1. The maximum absolute atomic E-state index is 12.7. The highest BCUT2D eigenvalue weighted by Gasteiger charge is 2.27. The number of oxazole rings is 1. The lowest BCUT2D eigenvalue weighted by Gasteiger charge is -2.31. The first-order chi connectivity index (χ1) is 15.0. The van der Waals surface area contributed by atoms with Crippen LogP contribution in [0.4, 0.5) is 0 Å². The van der Waals surface area contributed by atoms with Gasteiger partial charge in [-0.3, -0.25) is 9.69 Å². The van der Waals surface area contributed by atoms with E-state index < -0.39 is 0 Å². The molecule has 1 N–H and O–H groups in total. The van der Waals surface area contributed by atoms with E-state index in [0.29, 0.717) is 5.89 Å². The lowest BCUT2D eigenvalue weighted by molar-refractivity contribution is -0.127. The Labute approximate surface area is 192 Å². The van der Waals surface area contributed by atoms with Crippen LogP contribution in [0.3, 0.4) is 0 Å². The van der Waals surface area contributed by atoms with E-state index in [4.69, 9.17) is 9.40 Å². The Hall–Kier alpha value is -2.44. The van der Waals surface area contributed by atoms with Gasteiger partial charge in [0.15, 0.2) is 0 Å². The molecule has 2 aromatic carbocycles. The lowest BCUT2D eigenvalue weighted by atomic mass is 9.95. The van der Waals surface area contributed by atoms with Crippen LogP contribution in [0.15, 0.2) is 63.5 Å². The number of aryl methyl sites for hydroxylation is 1. The van der Waals surface area contributed by atoms with Gasteiger partial charge in [0, 0.05) is 22.5 Å². The summed E-state index contributed by atoms with van der Waals surface area (Å²) in [6.45, 7) is 6.53. The summed E-state index contributed by atoms with van der Waals surface area (Å²) in [5, 5.41) is 3.18. The van der Waals surface area contributed by atoms with Gasteiger partial charge in [-0.2, -0.15) is 0 Å². The average Bonchev–Trinajstić information content (AvgIpc) is 3.15. The number of amides is 1. The molecular formula is C25H28BrN3O2. The molecule has 2 heterocycles. The van der Waals surface area contributed by atoms with E-state index in [1.165, 1.54) is 0 Å². The van der Waals surface area contributed by atoms with Crippen LogP contribution in [0.5, 0.6) is 0 Å². The van der Waals surface area contributed by atoms with E-state index in [9.17, 15) is 4.79 Å². The second kappa shape index (κ2) is 9.79. The third-order valence-electron chi connectivity index (χ3n) is 5.95. The molecule has 1 aromatic heterocycles. The molecule has 0 spiro atoms. The lowest BCUT2D eigenvalue weighted by Crippen LogP contribution is -2.41. The molecule has 0 saturated carbocycles. The van der Waals surface area contributed by atoms with Crippen molar-refractivity contribution in [1.82, 2.24) is 15.2 Å². The zero-order valence-corrected chi connectivity index (χ0v) is 19.6. The van der Waals surface area contributed by atoms with Crippen molar-refractivity contribution in [3.63, 3.8) is 0 Å². The van der Waals surface area contributed by atoms with Crippen LogP contribution in [-0.2, 0) is 11.3 Å². The molecule has 5 nitrogen and oxygen atoms in total. The largest absolute Gasteiger partial charge is 0.441 e. The number of carbonyl (C=O) groups excluding carboxylic acids is 1. The number of likely N-dealkylation sites (tertiary alicyclic amines) is 1. The summed E-state index contributed by atoms with van der Waals surface area (Å²) in [7, 11) is 0. The maximum atomic E-state index is 12.7. The smallest absolute Gasteiger partial charge is 0.226 e. The highest BCUT2D eigenvalue weighted by Crippen LogP contribution is 2.26. The van der Waals surface area contributed by atoms with Crippen molar-refractivity contribution in [2.45, 2.75) is 39.3 Å². The number of rotatable bonds is 6. The number of aromatic nitrogens is 1. The van der Waals surface area contributed by atoms with Gasteiger partial charge >= 0.3 is 0 Å². The third-order valence-corrected chi connectivity index (χ3v) is 6.45. The molecule has 31 heavy (non-hydrogen) atoms. The molecule has 4 rings (SSSR count). The van der Waals surface area contributed by atoms with Crippen molar-refractivity contribution >= 4 is 21.8 Å². The fourth-order valence-electron chi connectivity index (χ4n) is 4.04. The monoisotopic (exact) mass is 481 g/mol. The third kappa shape index (κ3) is 5.43. The Balaban J connectivity index is 1.31. The second-order valence-electron chi connectivity index (χ2n) is 8.22. The Morgan fingerprint density at radius 1 is 1.19 bits per heavy atom. The number of hydrogen-bond donors (Lipinski definition) is 1. The van der Waals surface area contributed by atoms with E-state index in [1.54, 1.807) is 0 Å². The molecular weight excluding hydrogens is 454 g/mol. The molecule has 0 radical (unpaired) electrons. The first-order valence-electron chi connectivity index (χ1n) is 10.8. The number of halogens is 1. The highest BCUT2D eigenvalue weighted by atomic mass is 79.9. The van der Waals surface area contributed by atoms with Crippen molar-refractivity contribution < 1.29 is 9.21 Å². The Bertz CT molecular complexity index is 1030. The topological polar surface area (TPSA) is 58.4 Å². The van der Waals surface area contributed by atoms with Crippen molar-refractivity contribution in [3.05, 3.63) is 76.1 Å². The maximum Gasteiger partial charge on any atom is 0.226 e. The number of carbonyl (C=O) groups is 1. The van der Waals surface area contributed by atoms with Crippen molar-refractivity contribution in [2.75, 3.05) is 13.1 Å². The van der Waals surface area contributed by atoms with Gasteiger partial charge in [0.2, 0.25) is 11.8 Å². The zero-order valence-electron chi connectivity index (χ0n) is 18.0. The van der Waals surface area contributed by atoms with E-state index in [2.05, 4.69) is 38.3 Å². The number of benzene rings is 2. The van der Waals surface area contributed by atoms with Crippen LogP contribution in [-0.4, -0.2) is 28.9 Å². The minimum Gasteiger partial charge on any atom is -0.441 e.